The van der Waals surface area contributed by atoms with Gasteiger partial charge in [0, 0.05) is 51.0 Å². The maximum Gasteiger partial charge on any atom is 0.317 e. The summed E-state index contributed by atoms with van der Waals surface area (Å²) in [6.07, 6.45) is 3.95. The molecule has 0 spiro atoms. The summed E-state index contributed by atoms with van der Waals surface area (Å²) < 4.78 is 5.22. The molecule has 0 bridgehead atoms. The third-order valence-electron chi connectivity index (χ3n) is 5.99. The normalized spacial score (nSPS) is 22.8. The van der Waals surface area contributed by atoms with Crippen LogP contribution in [0.1, 0.15) is 25.7 Å². The SMILES string of the molecule is COc1ccc(N2CCN(C(=O)C3CCCN(C(=O)NC4CC4)C3)CC2)cc1. The van der Waals surface area contributed by atoms with Crippen LogP contribution >= 0.6 is 0 Å². The van der Waals surface area contributed by atoms with Gasteiger partial charge < -0.3 is 24.8 Å². The predicted molar refractivity (Wildman–Crippen MR) is 108 cm³/mol. The van der Waals surface area contributed by atoms with Crippen molar-refractivity contribution >= 4 is 17.6 Å². The van der Waals surface area contributed by atoms with E-state index >= 15 is 0 Å². The Morgan fingerprint density at radius 2 is 1.68 bits per heavy atom. The molecule has 2 heterocycles. The number of nitrogens with zero attached hydrogens (tertiary/aromatic N) is 3. The molecule has 3 fully saturated rings. The van der Waals surface area contributed by atoms with E-state index in [1.54, 1.807) is 7.11 Å². The highest BCUT2D eigenvalue weighted by atomic mass is 16.5. The van der Waals surface area contributed by atoms with E-state index in [0.717, 1.165) is 69.8 Å². The summed E-state index contributed by atoms with van der Waals surface area (Å²) in [5, 5.41) is 3.04. The summed E-state index contributed by atoms with van der Waals surface area (Å²) in [5.41, 5.74) is 1.16. The monoisotopic (exact) mass is 386 g/mol. The van der Waals surface area contributed by atoms with Gasteiger partial charge in [-0.2, -0.15) is 0 Å². The first-order valence-electron chi connectivity index (χ1n) is 10.4. The number of amides is 3. The Hall–Kier alpha value is -2.44. The number of piperidine rings is 1. The number of rotatable bonds is 4. The van der Waals surface area contributed by atoms with Crippen LogP contribution in [0.2, 0.25) is 0 Å². The van der Waals surface area contributed by atoms with Crippen LogP contribution < -0.4 is 15.0 Å². The van der Waals surface area contributed by atoms with Crippen LogP contribution in [0.4, 0.5) is 10.5 Å². The Kier molecular flexibility index (Phi) is 5.59. The molecule has 1 aromatic rings. The fraction of sp³-hybridized carbons (Fsp3) is 0.619. The van der Waals surface area contributed by atoms with Crippen LogP contribution in [-0.4, -0.2) is 74.2 Å². The average Bonchev–Trinajstić information content (AvgIpc) is 3.57. The number of hydrogen-bond donors (Lipinski definition) is 1. The zero-order valence-corrected chi connectivity index (χ0v) is 16.6. The predicted octanol–water partition coefficient (Wildman–Crippen LogP) is 1.93. The first-order valence-corrected chi connectivity index (χ1v) is 10.4. The van der Waals surface area contributed by atoms with Gasteiger partial charge in [-0.1, -0.05) is 0 Å². The van der Waals surface area contributed by atoms with Gasteiger partial charge in [0.2, 0.25) is 5.91 Å². The van der Waals surface area contributed by atoms with Crippen LogP contribution in [0, 0.1) is 5.92 Å². The van der Waals surface area contributed by atoms with Crippen molar-refractivity contribution in [1.82, 2.24) is 15.1 Å². The number of carbonyl (C=O) groups is 2. The smallest absolute Gasteiger partial charge is 0.317 e. The molecule has 7 nitrogen and oxygen atoms in total. The van der Waals surface area contributed by atoms with Crippen LogP contribution in [0.5, 0.6) is 5.75 Å². The van der Waals surface area contributed by atoms with Gasteiger partial charge in [0.25, 0.3) is 0 Å². The molecule has 3 amide bonds. The molecule has 1 unspecified atom stereocenters. The van der Waals surface area contributed by atoms with E-state index in [1.807, 2.05) is 21.9 Å². The van der Waals surface area contributed by atoms with Gasteiger partial charge in [-0.05, 0) is 49.9 Å². The molecular weight excluding hydrogens is 356 g/mol. The molecule has 2 saturated heterocycles. The molecule has 28 heavy (non-hydrogen) atoms. The second kappa shape index (κ2) is 8.29. The number of urea groups is 1. The van der Waals surface area contributed by atoms with E-state index in [-0.39, 0.29) is 17.9 Å². The molecule has 1 aromatic carbocycles. The van der Waals surface area contributed by atoms with Gasteiger partial charge in [-0.3, -0.25) is 4.79 Å². The lowest BCUT2D eigenvalue weighted by Crippen LogP contribution is -2.54. The van der Waals surface area contributed by atoms with Gasteiger partial charge in [0.1, 0.15) is 5.75 Å². The largest absolute Gasteiger partial charge is 0.497 e. The second-order valence-corrected chi connectivity index (χ2v) is 8.02. The zero-order valence-electron chi connectivity index (χ0n) is 16.6. The van der Waals surface area contributed by atoms with Crippen LogP contribution in [0.3, 0.4) is 0 Å². The summed E-state index contributed by atoms with van der Waals surface area (Å²) in [4.78, 5) is 31.4. The zero-order chi connectivity index (χ0) is 19.5. The minimum Gasteiger partial charge on any atom is -0.497 e. The van der Waals surface area contributed by atoms with Gasteiger partial charge in [0.15, 0.2) is 0 Å². The van der Waals surface area contributed by atoms with E-state index < -0.39 is 0 Å². The van der Waals surface area contributed by atoms with Crippen LogP contribution in [-0.2, 0) is 4.79 Å². The molecule has 1 N–H and O–H groups in total. The number of ether oxygens (including phenoxy) is 1. The number of benzene rings is 1. The molecule has 7 heteroatoms. The third-order valence-corrected chi connectivity index (χ3v) is 5.99. The lowest BCUT2D eigenvalue weighted by Gasteiger charge is -2.39. The molecule has 3 aliphatic rings. The lowest BCUT2D eigenvalue weighted by molar-refractivity contribution is -0.137. The number of likely N-dealkylation sites (tertiary alicyclic amines) is 1. The quantitative estimate of drug-likeness (QED) is 0.859. The highest BCUT2D eigenvalue weighted by Gasteiger charge is 2.34. The molecule has 1 saturated carbocycles. The fourth-order valence-corrected chi connectivity index (χ4v) is 4.09. The molecule has 0 aromatic heterocycles. The van der Waals surface area contributed by atoms with Crippen molar-refractivity contribution in [3.05, 3.63) is 24.3 Å². The number of piperazine rings is 1. The van der Waals surface area contributed by atoms with E-state index in [9.17, 15) is 9.59 Å². The molecular formula is C21H30N4O3. The Morgan fingerprint density at radius 3 is 2.32 bits per heavy atom. The van der Waals surface area contributed by atoms with E-state index in [2.05, 4.69) is 22.3 Å². The summed E-state index contributed by atoms with van der Waals surface area (Å²) in [5.74, 6) is 0.995. The topological polar surface area (TPSA) is 65.1 Å². The highest BCUT2D eigenvalue weighted by molar-refractivity contribution is 5.81. The molecule has 152 valence electrons. The Balaban J connectivity index is 1.28. The van der Waals surface area contributed by atoms with Crippen molar-refractivity contribution in [2.24, 2.45) is 5.92 Å². The van der Waals surface area contributed by atoms with Crippen molar-refractivity contribution in [2.75, 3.05) is 51.3 Å². The van der Waals surface area contributed by atoms with Crippen molar-refractivity contribution in [1.29, 1.82) is 0 Å². The Morgan fingerprint density at radius 1 is 0.964 bits per heavy atom. The average molecular weight is 386 g/mol. The number of hydrogen-bond acceptors (Lipinski definition) is 4. The molecule has 4 rings (SSSR count). The van der Waals surface area contributed by atoms with Crippen molar-refractivity contribution in [2.45, 2.75) is 31.7 Å². The van der Waals surface area contributed by atoms with E-state index in [1.165, 1.54) is 0 Å². The minimum absolute atomic E-state index is 0.00400. The molecule has 0 radical (unpaired) electrons. The maximum absolute atomic E-state index is 13.0. The standard InChI is InChI=1S/C21H30N4O3/c1-28-19-8-6-18(7-9-19)23-11-13-24(14-12-23)20(26)16-3-2-10-25(15-16)21(27)22-17-4-5-17/h6-9,16-17H,2-5,10-15H2,1H3,(H,22,27). The number of anilines is 1. The number of methoxy groups -OCH3 is 1. The summed E-state index contributed by atoms with van der Waals surface area (Å²) in [6, 6.07) is 8.42. The molecule has 1 aliphatic carbocycles. The number of carbonyl (C=O) groups excluding carboxylic acids is 2. The van der Waals surface area contributed by atoms with Gasteiger partial charge >= 0.3 is 6.03 Å². The van der Waals surface area contributed by atoms with Crippen molar-refractivity contribution < 1.29 is 14.3 Å². The van der Waals surface area contributed by atoms with Gasteiger partial charge in [0.05, 0.1) is 13.0 Å². The van der Waals surface area contributed by atoms with Crippen molar-refractivity contribution in [3.8, 4) is 5.75 Å². The fourth-order valence-electron chi connectivity index (χ4n) is 4.09. The second-order valence-electron chi connectivity index (χ2n) is 8.02. The summed E-state index contributed by atoms with van der Waals surface area (Å²) in [6.45, 7) is 4.43. The molecule has 2 aliphatic heterocycles. The van der Waals surface area contributed by atoms with Crippen LogP contribution in [0.25, 0.3) is 0 Å². The molecule has 1 atom stereocenters. The van der Waals surface area contributed by atoms with Gasteiger partial charge in [-0.15, -0.1) is 0 Å². The highest BCUT2D eigenvalue weighted by Crippen LogP contribution is 2.24. The summed E-state index contributed by atoms with van der Waals surface area (Å²) >= 11 is 0. The third kappa shape index (κ3) is 4.34. The first-order chi connectivity index (χ1) is 13.6. The van der Waals surface area contributed by atoms with Crippen molar-refractivity contribution in [3.63, 3.8) is 0 Å². The summed E-state index contributed by atoms with van der Waals surface area (Å²) in [7, 11) is 1.67. The maximum atomic E-state index is 13.0. The number of nitrogens with one attached hydrogen (secondary N) is 1. The first kappa shape index (κ1) is 18.9. The van der Waals surface area contributed by atoms with E-state index in [4.69, 9.17) is 4.74 Å². The Labute approximate surface area is 166 Å². The Bertz CT molecular complexity index is 696. The minimum atomic E-state index is -0.0637. The lowest BCUT2D eigenvalue weighted by atomic mass is 9.96. The van der Waals surface area contributed by atoms with E-state index in [0.29, 0.717) is 12.6 Å². The van der Waals surface area contributed by atoms with Crippen LogP contribution in [0.15, 0.2) is 24.3 Å². The van der Waals surface area contributed by atoms with Gasteiger partial charge in [-0.25, -0.2) is 4.79 Å².